The molecule has 0 bridgehead atoms. The van der Waals surface area contributed by atoms with Crippen molar-refractivity contribution in [2.75, 3.05) is 6.61 Å². The molecule has 0 saturated carbocycles. The average molecular weight is 381 g/mol. The zero-order chi connectivity index (χ0) is 19.4. The summed E-state index contributed by atoms with van der Waals surface area (Å²) in [7, 11) is 0. The number of fused-ring (bicyclic) bond motifs is 1. The van der Waals surface area contributed by atoms with E-state index in [-0.39, 0.29) is 0 Å². The molecule has 1 aliphatic rings. The maximum atomic E-state index is 9.67. The SMILES string of the molecule is CCCOc1ccc(C=Nc2sc3c(c2C#N)CC[C@@H](C(C)(C)C)C3)cc1. The second-order valence-corrected chi connectivity index (χ2v) is 9.36. The van der Waals surface area contributed by atoms with Gasteiger partial charge in [0.25, 0.3) is 0 Å². The molecule has 0 spiro atoms. The van der Waals surface area contributed by atoms with E-state index >= 15 is 0 Å². The predicted molar refractivity (Wildman–Crippen MR) is 113 cm³/mol. The van der Waals surface area contributed by atoms with Crippen molar-refractivity contribution in [2.45, 2.75) is 53.4 Å². The van der Waals surface area contributed by atoms with Gasteiger partial charge < -0.3 is 4.74 Å². The molecular formula is C23H28N2OS. The number of ether oxygens (including phenoxy) is 1. The van der Waals surface area contributed by atoms with Gasteiger partial charge in [-0.05, 0) is 72.4 Å². The van der Waals surface area contributed by atoms with E-state index in [2.05, 4.69) is 38.8 Å². The van der Waals surface area contributed by atoms with E-state index in [1.165, 1.54) is 10.4 Å². The molecule has 0 unspecified atom stereocenters. The molecular weight excluding hydrogens is 352 g/mol. The van der Waals surface area contributed by atoms with Gasteiger partial charge in [-0.2, -0.15) is 5.26 Å². The normalized spacial score (nSPS) is 16.9. The first-order valence-corrected chi connectivity index (χ1v) is 10.6. The van der Waals surface area contributed by atoms with Crippen LogP contribution in [0, 0.1) is 22.7 Å². The van der Waals surface area contributed by atoms with Crippen molar-refractivity contribution in [3.63, 3.8) is 0 Å². The maximum absolute atomic E-state index is 9.67. The van der Waals surface area contributed by atoms with Crippen molar-refractivity contribution in [1.82, 2.24) is 0 Å². The summed E-state index contributed by atoms with van der Waals surface area (Å²) < 4.78 is 5.62. The molecule has 0 N–H and O–H groups in total. The van der Waals surface area contributed by atoms with Crippen LogP contribution in [0.3, 0.4) is 0 Å². The Labute approximate surface area is 166 Å². The Balaban J connectivity index is 1.79. The zero-order valence-corrected chi connectivity index (χ0v) is 17.5. The van der Waals surface area contributed by atoms with Crippen molar-refractivity contribution in [1.29, 1.82) is 5.26 Å². The summed E-state index contributed by atoms with van der Waals surface area (Å²) in [4.78, 5) is 6.02. The molecule has 0 amide bonds. The van der Waals surface area contributed by atoms with Crippen LogP contribution in [0.4, 0.5) is 5.00 Å². The number of hydrogen-bond donors (Lipinski definition) is 0. The molecule has 27 heavy (non-hydrogen) atoms. The number of nitrogens with zero attached hydrogens (tertiary/aromatic N) is 2. The number of rotatable bonds is 5. The van der Waals surface area contributed by atoms with Crippen LogP contribution in [-0.2, 0) is 12.8 Å². The summed E-state index contributed by atoms with van der Waals surface area (Å²) in [6.07, 6.45) is 6.07. The van der Waals surface area contributed by atoms with Gasteiger partial charge in [-0.15, -0.1) is 11.3 Å². The minimum atomic E-state index is 0.305. The summed E-state index contributed by atoms with van der Waals surface area (Å²) in [5.41, 5.74) is 3.33. The molecule has 3 rings (SSSR count). The fourth-order valence-electron chi connectivity index (χ4n) is 3.52. The molecule has 0 aliphatic heterocycles. The van der Waals surface area contributed by atoms with Crippen LogP contribution < -0.4 is 4.74 Å². The monoisotopic (exact) mass is 380 g/mol. The quantitative estimate of drug-likeness (QED) is 0.571. The van der Waals surface area contributed by atoms with E-state index in [0.717, 1.165) is 54.2 Å². The number of aliphatic imine (C=N–C) groups is 1. The summed E-state index contributed by atoms with van der Waals surface area (Å²) in [6.45, 7) is 9.77. The third-order valence-electron chi connectivity index (χ3n) is 5.27. The van der Waals surface area contributed by atoms with E-state index in [1.54, 1.807) is 11.3 Å². The van der Waals surface area contributed by atoms with Gasteiger partial charge in [0.05, 0.1) is 12.2 Å². The van der Waals surface area contributed by atoms with E-state index in [0.29, 0.717) is 11.3 Å². The number of nitriles is 1. The molecule has 0 radical (unpaired) electrons. The van der Waals surface area contributed by atoms with Gasteiger partial charge >= 0.3 is 0 Å². The van der Waals surface area contributed by atoms with Crippen molar-refractivity contribution in [2.24, 2.45) is 16.3 Å². The highest BCUT2D eigenvalue weighted by atomic mass is 32.1. The largest absolute Gasteiger partial charge is 0.494 e. The molecule has 1 atom stereocenters. The lowest BCUT2D eigenvalue weighted by atomic mass is 9.72. The van der Waals surface area contributed by atoms with Gasteiger partial charge in [-0.1, -0.05) is 27.7 Å². The standard InChI is InChI=1S/C23H28N2OS/c1-5-12-26-18-9-6-16(7-10-18)15-25-22-20(14-24)19-11-8-17(23(2,3)4)13-21(19)27-22/h6-7,9-10,15,17H,5,8,11-13H2,1-4H3/t17-/m1/s1. The summed E-state index contributed by atoms with van der Waals surface area (Å²) in [5, 5.41) is 10.5. The maximum Gasteiger partial charge on any atom is 0.134 e. The second-order valence-electron chi connectivity index (χ2n) is 8.28. The minimum Gasteiger partial charge on any atom is -0.494 e. The lowest BCUT2D eigenvalue weighted by molar-refractivity contribution is 0.218. The predicted octanol–water partition coefficient (Wildman–Crippen LogP) is 6.31. The van der Waals surface area contributed by atoms with Gasteiger partial charge in [0.1, 0.15) is 16.8 Å². The van der Waals surface area contributed by atoms with Crippen molar-refractivity contribution in [3.05, 3.63) is 45.8 Å². The number of thiophene rings is 1. The minimum absolute atomic E-state index is 0.305. The van der Waals surface area contributed by atoms with Crippen molar-refractivity contribution >= 4 is 22.6 Å². The van der Waals surface area contributed by atoms with Gasteiger partial charge in [-0.25, -0.2) is 4.99 Å². The molecule has 4 heteroatoms. The van der Waals surface area contributed by atoms with E-state index in [9.17, 15) is 5.26 Å². The highest BCUT2D eigenvalue weighted by Crippen LogP contribution is 2.44. The zero-order valence-electron chi connectivity index (χ0n) is 16.7. The molecule has 2 aromatic rings. The lowest BCUT2D eigenvalue weighted by Crippen LogP contribution is -2.26. The van der Waals surface area contributed by atoms with E-state index < -0.39 is 0 Å². The Morgan fingerprint density at radius 1 is 1.30 bits per heavy atom. The third-order valence-corrected chi connectivity index (χ3v) is 6.43. The molecule has 3 nitrogen and oxygen atoms in total. The van der Waals surface area contributed by atoms with Crippen LogP contribution in [0.1, 0.15) is 62.1 Å². The molecule has 142 valence electrons. The molecule has 0 fully saturated rings. The first-order chi connectivity index (χ1) is 12.9. The Morgan fingerprint density at radius 2 is 2.04 bits per heavy atom. The van der Waals surface area contributed by atoms with E-state index in [4.69, 9.17) is 4.74 Å². The fraction of sp³-hybridized carbons (Fsp3) is 0.478. The second kappa shape index (κ2) is 8.27. The average Bonchev–Trinajstić information content (AvgIpc) is 3.01. The molecule has 1 aromatic heterocycles. The topological polar surface area (TPSA) is 45.4 Å². The fourth-order valence-corrected chi connectivity index (χ4v) is 4.74. The number of benzene rings is 1. The van der Waals surface area contributed by atoms with Gasteiger partial charge in [0.2, 0.25) is 0 Å². The lowest BCUT2D eigenvalue weighted by Gasteiger charge is -2.33. The summed E-state index contributed by atoms with van der Waals surface area (Å²) in [5.74, 6) is 1.55. The van der Waals surface area contributed by atoms with Crippen LogP contribution in [0.5, 0.6) is 5.75 Å². The summed E-state index contributed by atoms with van der Waals surface area (Å²) >= 11 is 1.69. The van der Waals surface area contributed by atoms with Gasteiger partial charge in [0, 0.05) is 11.1 Å². The van der Waals surface area contributed by atoms with Crippen LogP contribution in [0.2, 0.25) is 0 Å². The first-order valence-electron chi connectivity index (χ1n) is 9.74. The Morgan fingerprint density at radius 3 is 2.67 bits per heavy atom. The smallest absolute Gasteiger partial charge is 0.134 e. The van der Waals surface area contributed by atoms with Crippen LogP contribution in [-0.4, -0.2) is 12.8 Å². The van der Waals surface area contributed by atoms with Crippen molar-refractivity contribution < 1.29 is 4.74 Å². The highest BCUT2D eigenvalue weighted by molar-refractivity contribution is 7.16. The molecule has 0 saturated heterocycles. The van der Waals surface area contributed by atoms with Gasteiger partial charge in [-0.3, -0.25) is 0 Å². The van der Waals surface area contributed by atoms with Crippen LogP contribution in [0.25, 0.3) is 0 Å². The third kappa shape index (κ3) is 4.59. The summed E-state index contributed by atoms with van der Waals surface area (Å²) in [6, 6.07) is 10.3. The van der Waals surface area contributed by atoms with Crippen molar-refractivity contribution in [3.8, 4) is 11.8 Å². The Hall–Kier alpha value is -2.12. The van der Waals surface area contributed by atoms with Crippen LogP contribution >= 0.6 is 11.3 Å². The van der Waals surface area contributed by atoms with Gasteiger partial charge in [0.15, 0.2) is 0 Å². The molecule has 1 heterocycles. The Kier molecular flexibility index (Phi) is 6.01. The molecule has 1 aliphatic carbocycles. The first kappa shape index (κ1) is 19.6. The van der Waals surface area contributed by atoms with E-state index in [1.807, 2.05) is 30.5 Å². The Bertz CT molecular complexity index is 850. The van der Waals surface area contributed by atoms with Crippen LogP contribution in [0.15, 0.2) is 29.3 Å². The highest BCUT2D eigenvalue weighted by Gasteiger charge is 2.32. The number of hydrogen-bond acceptors (Lipinski definition) is 4. The molecule has 1 aromatic carbocycles.